The van der Waals surface area contributed by atoms with Crippen molar-refractivity contribution < 1.29 is 28.2 Å². The number of aromatic nitrogens is 1. The van der Waals surface area contributed by atoms with Crippen molar-refractivity contribution in [3.8, 4) is 5.75 Å². The minimum Gasteiger partial charge on any atom is -0.507 e. The number of Topliss-reactive ketones (excluding diaryl/α,β-unsaturated/α-hetero) is 1. The largest absolute Gasteiger partial charge is 0.507 e. The second-order valence-corrected chi connectivity index (χ2v) is 10.2. The van der Waals surface area contributed by atoms with E-state index in [1.165, 1.54) is 30.6 Å². The highest BCUT2D eigenvalue weighted by atomic mass is 35.5. The van der Waals surface area contributed by atoms with Gasteiger partial charge >= 0.3 is 5.91 Å². The Labute approximate surface area is 214 Å². The number of anilines is 1. The van der Waals surface area contributed by atoms with Crippen LogP contribution in [0.5, 0.6) is 5.75 Å². The van der Waals surface area contributed by atoms with Crippen LogP contribution in [-0.2, 0) is 9.59 Å². The molecule has 3 heterocycles. The van der Waals surface area contributed by atoms with Crippen LogP contribution in [0.25, 0.3) is 16.0 Å². The van der Waals surface area contributed by atoms with Crippen molar-refractivity contribution >= 4 is 78.7 Å². The molecule has 1 atom stereocenters. The summed E-state index contributed by atoms with van der Waals surface area (Å²) in [4.78, 5) is 32.3. The number of aliphatic hydroxyl groups excluding tert-OH is 1. The summed E-state index contributed by atoms with van der Waals surface area (Å²) >= 11 is 14.6. The second kappa shape index (κ2) is 8.87. The number of ether oxygens (including phenoxy) is 1. The number of hydrogen-bond donors (Lipinski definition) is 1. The molecule has 1 aliphatic heterocycles. The van der Waals surface area contributed by atoms with Crippen molar-refractivity contribution in [3.05, 3.63) is 79.5 Å². The van der Waals surface area contributed by atoms with Gasteiger partial charge in [0, 0.05) is 16.5 Å². The number of carbonyl (C=O) groups excluding carboxylic acids is 2. The number of thiazole rings is 1. The summed E-state index contributed by atoms with van der Waals surface area (Å²) in [6, 6.07) is 7.01. The maximum absolute atomic E-state index is 13.7. The molecule has 5 rings (SSSR count). The summed E-state index contributed by atoms with van der Waals surface area (Å²) in [5, 5.41) is 13.2. The van der Waals surface area contributed by atoms with E-state index in [1.807, 2.05) is 0 Å². The minimum absolute atomic E-state index is 0.0512. The van der Waals surface area contributed by atoms with Gasteiger partial charge in [-0.2, -0.15) is 0 Å². The van der Waals surface area contributed by atoms with E-state index < -0.39 is 35.1 Å². The van der Waals surface area contributed by atoms with E-state index in [9.17, 15) is 23.5 Å². The number of ketones is 1. The average Bonchev–Trinajstić information content (AvgIpc) is 3.53. The molecule has 0 bridgehead atoms. The molecule has 0 spiro atoms. The van der Waals surface area contributed by atoms with Crippen LogP contribution in [0, 0.1) is 11.6 Å². The summed E-state index contributed by atoms with van der Waals surface area (Å²) in [7, 11) is 1.38. The molecule has 178 valence electrons. The highest BCUT2D eigenvalue weighted by Crippen LogP contribution is 2.46. The summed E-state index contributed by atoms with van der Waals surface area (Å²) in [5.74, 6) is -4.35. The van der Waals surface area contributed by atoms with E-state index in [0.29, 0.717) is 9.58 Å². The average molecular weight is 553 g/mol. The third-order valence-electron chi connectivity index (χ3n) is 5.36. The number of nitrogens with zero attached hydrogens (tertiary/aromatic N) is 2. The molecule has 0 radical (unpaired) electrons. The van der Waals surface area contributed by atoms with Crippen LogP contribution in [0.4, 0.5) is 13.9 Å². The molecule has 6 nitrogen and oxygen atoms in total. The Morgan fingerprint density at radius 1 is 1.14 bits per heavy atom. The first-order chi connectivity index (χ1) is 16.7. The van der Waals surface area contributed by atoms with Crippen molar-refractivity contribution in [2.75, 3.05) is 12.0 Å². The monoisotopic (exact) mass is 552 g/mol. The standard InChI is InChI=1S/C23H12Cl2F2N2O4S2/c1-33-21-10(24)5-9(6-11(21)25)19(30)17-18(15-3-2-4-34-15)29(22(32)20(17)31)23-28-14-7-12(26)13(27)8-16(14)35-23/h2-8,18,30H,1H3/b19-17+. The Morgan fingerprint density at radius 2 is 1.83 bits per heavy atom. The van der Waals surface area contributed by atoms with Crippen LogP contribution in [0.1, 0.15) is 16.5 Å². The van der Waals surface area contributed by atoms with Gasteiger partial charge in [0.2, 0.25) is 0 Å². The Bertz CT molecular complexity index is 1490. The van der Waals surface area contributed by atoms with E-state index in [2.05, 4.69) is 4.98 Å². The lowest BCUT2D eigenvalue weighted by atomic mass is 10.00. The molecule has 1 N–H and O–H groups in total. The molecule has 4 aromatic rings. The van der Waals surface area contributed by atoms with Gasteiger partial charge in [0.05, 0.1) is 32.9 Å². The molecule has 1 aliphatic rings. The fraction of sp³-hybridized carbons (Fsp3) is 0.0870. The number of fused-ring (bicyclic) bond motifs is 1. The zero-order chi connectivity index (χ0) is 25.0. The zero-order valence-electron chi connectivity index (χ0n) is 17.5. The van der Waals surface area contributed by atoms with Gasteiger partial charge in [-0.15, -0.1) is 11.3 Å². The molecular weight excluding hydrogens is 541 g/mol. The fourth-order valence-corrected chi connectivity index (χ4v) is 6.27. The van der Waals surface area contributed by atoms with Crippen molar-refractivity contribution in [2.24, 2.45) is 0 Å². The quantitative estimate of drug-likeness (QED) is 0.176. The van der Waals surface area contributed by atoms with E-state index in [1.54, 1.807) is 17.5 Å². The lowest BCUT2D eigenvalue weighted by Gasteiger charge is -2.21. The molecule has 0 aliphatic carbocycles. The van der Waals surface area contributed by atoms with Gasteiger partial charge in [-0.1, -0.05) is 40.6 Å². The lowest BCUT2D eigenvalue weighted by Crippen LogP contribution is -2.28. The molecule has 1 saturated heterocycles. The number of hydrogen-bond acceptors (Lipinski definition) is 7. The summed E-state index contributed by atoms with van der Waals surface area (Å²) in [6.45, 7) is 0. The number of thiophene rings is 1. The third-order valence-corrected chi connectivity index (χ3v) is 7.86. The number of carbonyl (C=O) groups is 2. The van der Waals surface area contributed by atoms with E-state index in [0.717, 1.165) is 28.4 Å². The molecule has 35 heavy (non-hydrogen) atoms. The second-order valence-electron chi connectivity index (χ2n) is 7.39. The number of amides is 1. The first-order valence-corrected chi connectivity index (χ1v) is 12.3. The number of rotatable bonds is 4. The normalized spacial score (nSPS) is 17.5. The van der Waals surface area contributed by atoms with Crippen molar-refractivity contribution in [2.45, 2.75) is 6.04 Å². The van der Waals surface area contributed by atoms with Crippen LogP contribution >= 0.6 is 45.9 Å². The summed E-state index contributed by atoms with van der Waals surface area (Å²) < 4.78 is 32.9. The van der Waals surface area contributed by atoms with Crippen LogP contribution < -0.4 is 9.64 Å². The van der Waals surface area contributed by atoms with Crippen molar-refractivity contribution in [3.63, 3.8) is 0 Å². The smallest absolute Gasteiger partial charge is 0.301 e. The highest BCUT2D eigenvalue weighted by Gasteiger charge is 2.48. The van der Waals surface area contributed by atoms with Crippen LogP contribution in [0.15, 0.2) is 47.4 Å². The van der Waals surface area contributed by atoms with E-state index in [4.69, 9.17) is 27.9 Å². The van der Waals surface area contributed by atoms with Gasteiger partial charge < -0.3 is 9.84 Å². The number of halogens is 4. The van der Waals surface area contributed by atoms with Crippen LogP contribution in [0.3, 0.4) is 0 Å². The van der Waals surface area contributed by atoms with E-state index in [-0.39, 0.29) is 37.6 Å². The first-order valence-electron chi connectivity index (χ1n) is 9.84. The van der Waals surface area contributed by atoms with Gasteiger partial charge in [0.1, 0.15) is 11.8 Å². The molecular formula is C23H12Cl2F2N2O4S2. The van der Waals surface area contributed by atoms with Crippen molar-refractivity contribution in [1.29, 1.82) is 0 Å². The maximum atomic E-state index is 13.7. The Hall–Kier alpha value is -3.05. The molecule has 0 saturated carbocycles. The summed E-state index contributed by atoms with van der Waals surface area (Å²) in [6.07, 6.45) is 0. The molecule has 2 aromatic carbocycles. The Kier molecular flexibility index (Phi) is 6.00. The number of methoxy groups -OCH3 is 1. The Balaban J connectivity index is 1.71. The topological polar surface area (TPSA) is 79.7 Å². The predicted octanol–water partition coefficient (Wildman–Crippen LogP) is 6.58. The Morgan fingerprint density at radius 3 is 2.46 bits per heavy atom. The van der Waals surface area contributed by atoms with E-state index >= 15 is 0 Å². The van der Waals surface area contributed by atoms with Gasteiger partial charge in [-0.05, 0) is 29.6 Å². The molecule has 12 heteroatoms. The number of aliphatic hydroxyl groups is 1. The fourth-order valence-electron chi connectivity index (χ4n) is 3.81. The predicted molar refractivity (Wildman–Crippen MR) is 132 cm³/mol. The van der Waals surface area contributed by atoms with Gasteiger partial charge in [-0.25, -0.2) is 13.8 Å². The van der Waals surface area contributed by atoms with Gasteiger partial charge in [0.15, 0.2) is 22.5 Å². The van der Waals surface area contributed by atoms with Gasteiger partial charge in [-0.3, -0.25) is 14.5 Å². The minimum atomic E-state index is -1.08. The van der Waals surface area contributed by atoms with Gasteiger partial charge in [0.25, 0.3) is 5.78 Å². The SMILES string of the molecule is COc1c(Cl)cc(/C(O)=C2\C(=O)C(=O)N(c3nc4cc(F)c(F)cc4s3)C2c2cccs2)cc1Cl. The maximum Gasteiger partial charge on any atom is 0.301 e. The molecule has 1 fully saturated rings. The zero-order valence-corrected chi connectivity index (χ0v) is 20.7. The summed E-state index contributed by atoms with van der Waals surface area (Å²) in [5.41, 5.74) is 0.0320. The third kappa shape index (κ3) is 3.86. The van der Waals surface area contributed by atoms with Crippen molar-refractivity contribution in [1.82, 2.24) is 4.98 Å². The van der Waals surface area contributed by atoms with Crippen LogP contribution in [-0.4, -0.2) is 28.9 Å². The lowest BCUT2D eigenvalue weighted by molar-refractivity contribution is -0.132. The molecule has 1 unspecified atom stereocenters. The number of benzene rings is 2. The first kappa shape index (κ1) is 23.7. The molecule has 1 amide bonds. The van der Waals surface area contributed by atoms with Crippen LogP contribution in [0.2, 0.25) is 10.0 Å². The molecule has 2 aromatic heterocycles. The highest BCUT2D eigenvalue weighted by molar-refractivity contribution is 7.22.